The predicted molar refractivity (Wildman–Crippen MR) is 117 cm³/mol. The van der Waals surface area contributed by atoms with Gasteiger partial charge in [0, 0.05) is 34.6 Å². The predicted octanol–water partition coefficient (Wildman–Crippen LogP) is 7.14. The summed E-state index contributed by atoms with van der Waals surface area (Å²) < 4.78 is 85.3. The fraction of sp³-hybridized carbons (Fsp3) is 0.0833. The maximum Gasteiger partial charge on any atom is 0.573 e. The van der Waals surface area contributed by atoms with Gasteiger partial charge < -0.3 is 20.9 Å². The van der Waals surface area contributed by atoms with Crippen molar-refractivity contribution < 1.29 is 35.8 Å². The van der Waals surface area contributed by atoms with Gasteiger partial charge >= 0.3 is 12.7 Å². The Bertz CT molecular complexity index is 1260. The number of anilines is 2. The van der Waals surface area contributed by atoms with E-state index in [0.29, 0.717) is 21.9 Å². The van der Waals surface area contributed by atoms with Gasteiger partial charge in [-0.1, -0.05) is 24.3 Å². The highest BCUT2D eigenvalue weighted by atomic mass is 19.4. The van der Waals surface area contributed by atoms with Crippen LogP contribution in [-0.4, -0.2) is 12.7 Å². The van der Waals surface area contributed by atoms with Crippen LogP contribution in [0.15, 0.2) is 72.8 Å². The first-order chi connectivity index (χ1) is 15.9. The molecule has 4 rings (SSSR count). The number of alkyl halides is 6. The molecule has 0 unspecified atom stereocenters. The summed E-state index contributed by atoms with van der Waals surface area (Å²) in [6, 6.07) is 17.6. The van der Waals surface area contributed by atoms with Crippen LogP contribution in [0.3, 0.4) is 0 Å². The number of benzene rings is 4. The third-order valence-electron chi connectivity index (χ3n) is 4.92. The molecular weight excluding hydrogens is 462 g/mol. The van der Waals surface area contributed by atoms with E-state index in [1.807, 2.05) is 0 Å². The first-order valence-corrected chi connectivity index (χ1v) is 9.73. The molecule has 0 atom stereocenters. The molecule has 4 nitrogen and oxygen atoms in total. The first-order valence-electron chi connectivity index (χ1n) is 9.73. The number of nitrogen functional groups attached to an aromatic ring is 2. The lowest BCUT2D eigenvalue weighted by Gasteiger charge is -2.16. The summed E-state index contributed by atoms with van der Waals surface area (Å²) in [5, 5.41) is 1.29. The quantitative estimate of drug-likeness (QED) is 0.242. The maximum atomic E-state index is 12.8. The zero-order chi connectivity index (χ0) is 24.7. The molecule has 0 bridgehead atoms. The van der Waals surface area contributed by atoms with Crippen LogP contribution in [0.2, 0.25) is 0 Å². The van der Waals surface area contributed by atoms with Crippen LogP contribution in [0.5, 0.6) is 11.5 Å². The molecule has 4 aromatic rings. The number of ether oxygens (including phenoxy) is 2. The van der Waals surface area contributed by atoms with Gasteiger partial charge in [0.05, 0.1) is 0 Å². The molecule has 0 aliphatic heterocycles. The van der Waals surface area contributed by atoms with E-state index in [1.165, 1.54) is 24.3 Å². The number of hydrogen-bond donors (Lipinski definition) is 2. The van der Waals surface area contributed by atoms with Gasteiger partial charge in [-0.15, -0.1) is 26.3 Å². The van der Waals surface area contributed by atoms with Crippen molar-refractivity contribution in [3.63, 3.8) is 0 Å². The second-order valence-corrected chi connectivity index (χ2v) is 7.38. The van der Waals surface area contributed by atoms with Gasteiger partial charge in [-0.3, -0.25) is 0 Å². The fourth-order valence-electron chi connectivity index (χ4n) is 3.55. The molecule has 0 heterocycles. The van der Waals surface area contributed by atoms with Gasteiger partial charge in [-0.2, -0.15) is 0 Å². The molecule has 0 spiro atoms. The van der Waals surface area contributed by atoms with E-state index < -0.39 is 24.2 Å². The molecule has 34 heavy (non-hydrogen) atoms. The molecule has 0 aromatic heterocycles. The van der Waals surface area contributed by atoms with Gasteiger partial charge in [0.25, 0.3) is 0 Å². The van der Waals surface area contributed by atoms with Crippen LogP contribution in [-0.2, 0) is 0 Å². The summed E-state index contributed by atoms with van der Waals surface area (Å²) in [7, 11) is 0. The highest BCUT2D eigenvalue weighted by molar-refractivity contribution is 5.92. The van der Waals surface area contributed by atoms with Gasteiger partial charge in [0.1, 0.15) is 11.5 Å². The van der Waals surface area contributed by atoms with Crippen molar-refractivity contribution in [2.24, 2.45) is 0 Å². The Hall–Kier alpha value is -4.08. The third kappa shape index (κ3) is 5.28. The monoisotopic (exact) mass is 478 g/mol. The maximum absolute atomic E-state index is 12.8. The van der Waals surface area contributed by atoms with Crippen molar-refractivity contribution in [3.05, 3.63) is 72.8 Å². The zero-order valence-electron chi connectivity index (χ0n) is 17.2. The number of fused-ring (bicyclic) bond motifs is 1. The van der Waals surface area contributed by atoms with E-state index >= 15 is 0 Å². The van der Waals surface area contributed by atoms with E-state index in [1.54, 1.807) is 36.4 Å². The van der Waals surface area contributed by atoms with Crippen molar-refractivity contribution in [3.8, 4) is 33.8 Å². The minimum atomic E-state index is -4.90. The van der Waals surface area contributed by atoms with Crippen LogP contribution in [0.4, 0.5) is 37.7 Å². The summed E-state index contributed by atoms with van der Waals surface area (Å²) >= 11 is 0. The highest BCUT2D eigenvalue weighted by Gasteiger charge is 2.33. The van der Waals surface area contributed by atoms with Crippen molar-refractivity contribution in [2.45, 2.75) is 12.7 Å². The zero-order valence-corrected chi connectivity index (χ0v) is 17.2. The van der Waals surface area contributed by atoms with Crippen LogP contribution in [0, 0.1) is 0 Å². The molecule has 0 saturated heterocycles. The Morgan fingerprint density at radius 1 is 0.500 bits per heavy atom. The van der Waals surface area contributed by atoms with E-state index in [4.69, 9.17) is 11.5 Å². The Morgan fingerprint density at radius 3 is 1.24 bits per heavy atom. The Balaban J connectivity index is 1.76. The van der Waals surface area contributed by atoms with Crippen molar-refractivity contribution in [1.82, 2.24) is 0 Å². The first kappa shape index (κ1) is 23.1. The summed E-state index contributed by atoms with van der Waals surface area (Å²) in [4.78, 5) is 0. The normalized spacial score (nSPS) is 12.1. The average Bonchev–Trinajstić information content (AvgIpc) is 2.71. The van der Waals surface area contributed by atoms with Crippen LogP contribution in [0.1, 0.15) is 0 Å². The van der Waals surface area contributed by atoms with Crippen LogP contribution in [0.25, 0.3) is 33.0 Å². The Kier molecular flexibility index (Phi) is 5.68. The second kappa shape index (κ2) is 8.36. The Morgan fingerprint density at radius 2 is 0.882 bits per heavy atom. The topological polar surface area (TPSA) is 70.5 Å². The number of nitrogens with two attached hydrogens (primary N) is 2. The standard InChI is InChI=1S/C24H16F6N2O2/c25-23(26,27)33-21-11-17(31)5-7-19(21)15-3-1-13-9-16(4-2-14(13)10-15)20-8-6-18(32)12-22(20)34-24(28,29)30/h1-12H,31-32H2. The van der Waals surface area contributed by atoms with Crippen LogP contribution < -0.4 is 20.9 Å². The molecule has 10 heteroatoms. The van der Waals surface area contributed by atoms with E-state index in [-0.39, 0.29) is 22.5 Å². The molecule has 176 valence electrons. The molecule has 4 N–H and O–H groups in total. The minimum absolute atomic E-state index is 0.105. The van der Waals surface area contributed by atoms with Crippen molar-refractivity contribution in [1.29, 1.82) is 0 Å². The Labute approximate surface area is 189 Å². The van der Waals surface area contributed by atoms with Gasteiger partial charge in [-0.25, -0.2) is 0 Å². The lowest BCUT2D eigenvalue weighted by molar-refractivity contribution is -0.275. The molecule has 0 saturated carbocycles. The fourth-order valence-corrected chi connectivity index (χ4v) is 3.55. The lowest BCUT2D eigenvalue weighted by Crippen LogP contribution is -2.17. The van der Waals surface area contributed by atoms with Crippen molar-refractivity contribution >= 4 is 22.1 Å². The number of rotatable bonds is 4. The smallest absolute Gasteiger partial charge is 0.405 e. The molecule has 0 amide bonds. The van der Waals surface area contributed by atoms with Crippen LogP contribution >= 0.6 is 0 Å². The van der Waals surface area contributed by atoms with E-state index in [9.17, 15) is 26.3 Å². The van der Waals surface area contributed by atoms with E-state index in [2.05, 4.69) is 9.47 Å². The van der Waals surface area contributed by atoms with Crippen molar-refractivity contribution in [2.75, 3.05) is 11.5 Å². The second-order valence-electron chi connectivity index (χ2n) is 7.38. The molecule has 0 aliphatic rings. The number of halogens is 6. The van der Waals surface area contributed by atoms with Gasteiger partial charge in [-0.05, 0) is 58.3 Å². The molecular formula is C24H16F6N2O2. The van der Waals surface area contributed by atoms with Gasteiger partial charge in [0.2, 0.25) is 0 Å². The average molecular weight is 478 g/mol. The van der Waals surface area contributed by atoms with E-state index in [0.717, 1.165) is 12.1 Å². The largest absolute Gasteiger partial charge is 0.573 e. The summed E-state index contributed by atoms with van der Waals surface area (Å²) in [5.74, 6) is -0.890. The van der Waals surface area contributed by atoms with Gasteiger partial charge in [0.15, 0.2) is 0 Å². The molecule has 0 radical (unpaired) electrons. The number of hydrogen-bond acceptors (Lipinski definition) is 4. The molecule has 0 fully saturated rings. The third-order valence-corrected chi connectivity index (χ3v) is 4.92. The summed E-state index contributed by atoms with van der Waals surface area (Å²) in [6.07, 6.45) is -9.80. The molecule has 4 aromatic carbocycles. The SMILES string of the molecule is Nc1ccc(-c2ccc3cc(-c4ccc(N)cc4OC(F)(F)F)ccc3c2)c(OC(F)(F)F)c1. The minimum Gasteiger partial charge on any atom is -0.405 e. The highest BCUT2D eigenvalue weighted by Crippen LogP contribution is 2.39. The molecule has 0 aliphatic carbocycles. The lowest BCUT2D eigenvalue weighted by atomic mass is 9.96. The summed E-state index contributed by atoms with van der Waals surface area (Å²) in [6.45, 7) is 0. The summed E-state index contributed by atoms with van der Waals surface area (Å²) in [5.41, 5.74) is 12.7.